The van der Waals surface area contributed by atoms with Crippen LogP contribution < -0.4 is 5.32 Å². The van der Waals surface area contributed by atoms with E-state index < -0.39 is 12.0 Å². The summed E-state index contributed by atoms with van der Waals surface area (Å²) in [4.78, 5) is 19.8. The quantitative estimate of drug-likeness (QED) is 0.722. The van der Waals surface area contributed by atoms with E-state index in [1.807, 2.05) is 30.7 Å². The summed E-state index contributed by atoms with van der Waals surface area (Å²) in [5.74, 6) is -1.47. The lowest BCUT2D eigenvalue weighted by Crippen LogP contribution is -2.24. The number of fused-ring (bicyclic) bond motifs is 1. The number of nitrogens with zero attached hydrogens (tertiary/aromatic N) is 5. The number of carbonyl (C=O) groups is 1. The second kappa shape index (κ2) is 7.25. The Kier molecular flexibility index (Phi) is 5.14. The molecule has 10 heteroatoms. The first-order chi connectivity index (χ1) is 13.1. The maximum atomic E-state index is 12.8. The third-order valence-corrected chi connectivity index (χ3v) is 4.85. The molecule has 0 spiro atoms. The summed E-state index contributed by atoms with van der Waals surface area (Å²) >= 11 is 0. The van der Waals surface area contributed by atoms with E-state index in [2.05, 4.69) is 20.4 Å². The number of hydrogen-bond donors (Lipinski definition) is 1. The van der Waals surface area contributed by atoms with Gasteiger partial charge in [0.25, 0.3) is 11.6 Å². The van der Waals surface area contributed by atoms with E-state index in [4.69, 9.17) is 0 Å². The smallest absolute Gasteiger partial charge is 0.351 e. The molecule has 3 aromatic rings. The molecular weight excluding hydrogens is 373 g/mol. The Bertz CT molecular complexity index is 1030. The lowest BCUT2D eigenvalue weighted by molar-refractivity contribution is -0.144. The van der Waals surface area contributed by atoms with Gasteiger partial charge in [0.1, 0.15) is 0 Å². The predicted molar refractivity (Wildman–Crippen MR) is 95.6 cm³/mol. The van der Waals surface area contributed by atoms with E-state index in [1.54, 1.807) is 13.8 Å². The molecule has 3 heterocycles. The van der Waals surface area contributed by atoms with E-state index in [9.17, 15) is 18.0 Å². The molecule has 150 valence electrons. The van der Waals surface area contributed by atoms with Gasteiger partial charge >= 0.3 is 6.18 Å². The van der Waals surface area contributed by atoms with Gasteiger partial charge in [-0.25, -0.2) is 9.50 Å². The Morgan fingerprint density at radius 2 is 1.89 bits per heavy atom. The van der Waals surface area contributed by atoms with Gasteiger partial charge in [0.2, 0.25) is 5.91 Å². The predicted octanol–water partition coefficient (Wildman–Crippen LogP) is 2.66. The Hall–Kier alpha value is -2.91. The van der Waals surface area contributed by atoms with Crippen molar-refractivity contribution >= 4 is 11.7 Å². The number of hydrogen-bond acceptors (Lipinski definition) is 4. The Balaban J connectivity index is 1.71. The first-order valence-corrected chi connectivity index (χ1v) is 8.76. The van der Waals surface area contributed by atoms with Crippen LogP contribution >= 0.6 is 0 Å². The van der Waals surface area contributed by atoms with Gasteiger partial charge in [-0.2, -0.15) is 18.2 Å². The summed E-state index contributed by atoms with van der Waals surface area (Å²) in [7, 11) is 1.93. The minimum atomic E-state index is -4.64. The standard InChI is InChI=1S/C18H21F3N6O/c1-10-5-6-13(26(10)4)9-22-15(28)8-7-14-11(2)23-17-24-16(18(19,20)21)25-27(17)12(14)3/h5-6H,7-9H2,1-4H3,(H,22,28). The fourth-order valence-corrected chi connectivity index (χ4v) is 3.05. The van der Waals surface area contributed by atoms with Crippen molar-refractivity contribution < 1.29 is 18.0 Å². The highest BCUT2D eigenvalue weighted by molar-refractivity contribution is 5.76. The molecule has 3 aromatic heterocycles. The van der Waals surface area contributed by atoms with Crippen molar-refractivity contribution in [1.82, 2.24) is 29.5 Å². The zero-order valence-corrected chi connectivity index (χ0v) is 16.1. The average Bonchev–Trinajstić information content (AvgIpc) is 3.17. The molecule has 0 fully saturated rings. The van der Waals surface area contributed by atoms with Crippen molar-refractivity contribution in [2.24, 2.45) is 7.05 Å². The Morgan fingerprint density at radius 3 is 2.50 bits per heavy atom. The summed E-state index contributed by atoms with van der Waals surface area (Å²) in [6, 6.07) is 3.92. The van der Waals surface area contributed by atoms with Gasteiger partial charge < -0.3 is 9.88 Å². The molecule has 28 heavy (non-hydrogen) atoms. The fraction of sp³-hybridized carbons (Fsp3) is 0.444. The van der Waals surface area contributed by atoms with Gasteiger partial charge in [0.05, 0.1) is 6.54 Å². The van der Waals surface area contributed by atoms with Crippen LogP contribution in [0, 0.1) is 20.8 Å². The molecule has 0 aromatic carbocycles. The fourth-order valence-electron chi connectivity index (χ4n) is 3.05. The SMILES string of the molecule is Cc1nc2nc(C(F)(F)F)nn2c(C)c1CCC(=O)NCc1ccc(C)n1C. The van der Waals surface area contributed by atoms with E-state index in [1.165, 1.54) is 0 Å². The van der Waals surface area contributed by atoms with Crippen molar-refractivity contribution in [3.8, 4) is 0 Å². The van der Waals surface area contributed by atoms with Crippen LogP contribution in [-0.4, -0.2) is 30.1 Å². The lowest BCUT2D eigenvalue weighted by atomic mass is 10.1. The van der Waals surface area contributed by atoms with E-state index in [0.29, 0.717) is 29.9 Å². The van der Waals surface area contributed by atoms with Crippen molar-refractivity contribution in [1.29, 1.82) is 0 Å². The summed E-state index contributed by atoms with van der Waals surface area (Å²) in [6.45, 7) is 5.73. The van der Waals surface area contributed by atoms with E-state index in [0.717, 1.165) is 15.9 Å². The first kappa shape index (κ1) is 19.8. The molecule has 0 radical (unpaired) electrons. The van der Waals surface area contributed by atoms with Crippen LogP contribution in [0.1, 0.15) is 40.6 Å². The highest BCUT2D eigenvalue weighted by atomic mass is 19.4. The molecule has 0 aliphatic heterocycles. The zero-order chi connectivity index (χ0) is 20.6. The molecule has 0 atom stereocenters. The maximum absolute atomic E-state index is 12.8. The third-order valence-electron chi connectivity index (χ3n) is 4.85. The van der Waals surface area contributed by atoms with Crippen molar-refractivity contribution in [3.05, 3.63) is 46.3 Å². The average molecular weight is 394 g/mol. The first-order valence-electron chi connectivity index (χ1n) is 8.76. The van der Waals surface area contributed by atoms with E-state index in [-0.39, 0.29) is 18.1 Å². The molecular formula is C18H21F3N6O. The summed E-state index contributed by atoms with van der Waals surface area (Å²) in [5.41, 5.74) is 3.81. The molecule has 3 rings (SSSR count). The molecule has 1 amide bonds. The van der Waals surface area contributed by atoms with Gasteiger partial charge in [-0.15, -0.1) is 5.10 Å². The van der Waals surface area contributed by atoms with Gasteiger partial charge in [-0.05, 0) is 44.9 Å². The third kappa shape index (κ3) is 3.85. The second-order valence-electron chi connectivity index (χ2n) is 6.71. The summed E-state index contributed by atoms with van der Waals surface area (Å²) < 4.78 is 41.6. The highest BCUT2D eigenvalue weighted by Gasteiger charge is 2.36. The molecule has 0 saturated heterocycles. The Morgan fingerprint density at radius 1 is 1.18 bits per heavy atom. The van der Waals surface area contributed by atoms with Gasteiger partial charge in [0.15, 0.2) is 0 Å². The Labute approximate surface area is 159 Å². The van der Waals surface area contributed by atoms with Crippen LogP contribution in [0.2, 0.25) is 0 Å². The number of aryl methyl sites for hydroxylation is 3. The number of nitrogens with one attached hydrogen (secondary N) is 1. The number of aromatic nitrogens is 5. The van der Waals surface area contributed by atoms with Gasteiger partial charge in [-0.1, -0.05) is 0 Å². The minimum absolute atomic E-state index is 0.102. The van der Waals surface area contributed by atoms with Crippen molar-refractivity contribution in [3.63, 3.8) is 0 Å². The largest absolute Gasteiger partial charge is 0.453 e. The van der Waals surface area contributed by atoms with Gasteiger partial charge in [0, 0.05) is 36.2 Å². The number of rotatable bonds is 5. The number of halogens is 3. The van der Waals surface area contributed by atoms with Crippen LogP contribution in [0.5, 0.6) is 0 Å². The summed E-state index contributed by atoms with van der Waals surface area (Å²) in [6.07, 6.45) is -4.09. The topological polar surface area (TPSA) is 77.1 Å². The van der Waals surface area contributed by atoms with Gasteiger partial charge in [-0.3, -0.25) is 4.79 Å². The molecule has 0 bridgehead atoms. The van der Waals surface area contributed by atoms with Crippen LogP contribution in [-0.2, 0) is 31.0 Å². The molecule has 0 saturated carbocycles. The number of alkyl halides is 3. The van der Waals surface area contributed by atoms with E-state index >= 15 is 0 Å². The normalized spacial score (nSPS) is 12.0. The van der Waals surface area contributed by atoms with Crippen LogP contribution in [0.3, 0.4) is 0 Å². The molecule has 7 nitrogen and oxygen atoms in total. The van der Waals surface area contributed by atoms with Crippen LogP contribution in [0.25, 0.3) is 5.78 Å². The molecule has 0 aliphatic carbocycles. The minimum Gasteiger partial charge on any atom is -0.351 e. The van der Waals surface area contributed by atoms with Crippen molar-refractivity contribution in [2.45, 2.75) is 46.3 Å². The second-order valence-corrected chi connectivity index (χ2v) is 6.71. The zero-order valence-electron chi connectivity index (χ0n) is 16.1. The van der Waals surface area contributed by atoms with Crippen LogP contribution in [0.15, 0.2) is 12.1 Å². The molecule has 0 aliphatic rings. The molecule has 0 unspecified atom stereocenters. The van der Waals surface area contributed by atoms with Crippen molar-refractivity contribution in [2.75, 3.05) is 0 Å². The molecule has 1 N–H and O–H groups in total. The maximum Gasteiger partial charge on any atom is 0.453 e. The number of amides is 1. The number of carbonyl (C=O) groups excluding carboxylic acids is 1. The van der Waals surface area contributed by atoms with Crippen LogP contribution in [0.4, 0.5) is 13.2 Å². The lowest BCUT2D eigenvalue weighted by Gasteiger charge is -2.11. The highest BCUT2D eigenvalue weighted by Crippen LogP contribution is 2.27. The summed E-state index contributed by atoms with van der Waals surface area (Å²) in [5, 5.41) is 6.37. The monoisotopic (exact) mass is 394 g/mol.